The zero-order chi connectivity index (χ0) is 19.9. The molecule has 1 aliphatic heterocycles. The van der Waals surface area contributed by atoms with Crippen molar-refractivity contribution in [2.24, 2.45) is 10.7 Å². The fraction of sp³-hybridized carbons (Fsp3) is 0.208. The summed E-state index contributed by atoms with van der Waals surface area (Å²) in [6.07, 6.45) is 0.857. The van der Waals surface area contributed by atoms with E-state index in [4.69, 9.17) is 15.2 Å². The molecule has 1 atom stereocenters. The van der Waals surface area contributed by atoms with Crippen molar-refractivity contribution in [3.8, 4) is 11.5 Å². The maximum absolute atomic E-state index is 6.15. The molecule has 0 spiro atoms. The van der Waals surface area contributed by atoms with E-state index in [0.29, 0.717) is 25.7 Å². The lowest BCUT2D eigenvalue weighted by molar-refractivity contribution is 0.262. The zero-order valence-electron chi connectivity index (χ0n) is 16.3. The van der Waals surface area contributed by atoms with Gasteiger partial charge in [0, 0.05) is 12.0 Å². The zero-order valence-corrected chi connectivity index (χ0v) is 16.3. The summed E-state index contributed by atoms with van der Waals surface area (Å²) in [5.41, 5.74) is 9.46. The van der Waals surface area contributed by atoms with Crippen LogP contribution in [0.3, 0.4) is 0 Å². The standard InChI is InChI=1S/C24H25N3O2/c25-24(27-22-13-14-28-23-12-5-4-11-21(22)23)26-16-19-9-6-10-20(15-19)29-17-18-7-2-1-3-8-18/h1-12,15,22H,13-14,16-17H2,(H3,25,26,27). The number of hydrogen-bond donors (Lipinski definition) is 2. The summed E-state index contributed by atoms with van der Waals surface area (Å²) in [4.78, 5) is 4.51. The molecule has 0 saturated heterocycles. The molecule has 1 heterocycles. The third-order valence-electron chi connectivity index (χ3n) is 4.86. The molecule has 3 N–H and O–H groups in total. The number of nitrogens with two attached hydrogens (primary N) is 1. The maximum atomic E-state index is 6.15. The summed E-state index contributed by atoms with van der Waals surface area (Å²) < 4.78 is 11.6. The summed E-state index contributed by atoms with van der Waals surface area (Å²) in [5, 5.41) is 3.32. The number of nitrogens with one attached hydrogen (secondary N) is 1. The molecule has 1 aliphatic rings. The van der Waals surface area contributed by atoms with Crippen molar-refractivity contribution in [3.05, 3.63) is 95.6 Å². The molecule has 0 amide bonds. The second-order valence-corrected chi connectivity index (χ2v) is 7.00. The van der Waals surface area contributed by atoms with Gasteiger partial charge in [-0.2, -0.15) is 0 Å². The number of benzene rings is 3. The molecule has 0 aromatic heterocycles. The molecule has 0 saturated carbocycles. The third-order valence-corrected chi connectivity index (χ3v) is 4.86. The van der Waals surface area contributed by atoms with Gasteiger partial charge in [-0.15, -0.1) is 0 Å². The maximum Gasteiger partial charge on any atom is 0.189 e. The van der Waals surface area contributed by atoms with E-state index in [9.17, 15) is 0 Å². The highest BCUT2D eigenvalue weighted by atomic mass is 16.5. The quantitative estimate of drug-likeness (QED) is 0.491. The number of aliphatic imine (C=N–C) groups is 1. The van der Waals surface area contributed by atoms with Crippen LogP contribution in [0.25, 0.3) is 0 Å². The van der Waals surface area contributed by atoms with Gasteiger partial charge in [-0.25, -0.2) is 4.99 Å². The van der Waals surface area contributed by atoms with E-state index in [1.165, 1.54) is 0 Å². The lowest BCUT2D eigenvalue weighted by Crippen LogP contribution is -2.37. The Bertz CT molecular complexity index is 973. The Balaban J connectivity index is 1.35. The molecule has 0 aliphatic carbocycles. The lowest BCUT2D eigenvalue weighted by atomic mass is 10.0. The van der Waals surface area contributed by atoms with Gasteiger partial charge in [0.2, 0.25) is 0 Å². The van der Waals surface area contributed by atoms with E-state index < -0.39 is 0 Å². The van der Waals surface area contributed by atoms with E-state index in [-0.39, 0.29) is 6.04 Å². The molecular weight excluding hydrogens is 362 g/mol. The largest absolute Gasteiger partial charge is 0.493 e. The first-order valence-electron chi connectivity index (χ1n) is 9.82. The smallest absolute Gasteiger partial charge is 0.189 e. The van der Waals surface area contributed by atoms with E-state index in [2.05, 4.69) is 28.5 Å². The van der Waals surface area contributed by atoms with Crippen molar-refractivity contribution < 1.29 is 9.47 Å². The normalized spacial score (nSPS) is 15.9. The minimum absolute atomic E-state index is 0.115. The van der Waals surface area contributed by atoms with Crippen LogP contribution in [0.2, 0.25) is 0 Å². The van der Waals surface area contributed by atoms with Crippen molar-refractivity contribution in [1.82, 2.24) is 5.32 Å². The number of guanidine groups is 1. The first-order valence-corrected chi connectivity index (χ1v) is 9.82. The van der Waals surface area contributed by atoms with E-state index in [1.807, 2.05) is 60.7 Å². The van der Waals surface area contributed by atoms with Crippen LogP contribution in [0.15, 0.2) is 83.9 Å². The number of para-hydroxylation sites is 1. The molecule has 29 heavy (non-hydrogen) atoms. The van der Waals surface area contributed by atoms with Crippen LogP contribution >= 0.6 is 0 Å². The molecule has 0 fully saturated rings. The second-order valence-electron chi connectivity index (χ2n) is 7.00. The minimum Gasteiger partial charge on any atom is -0.493 e. The monoisotopic (exact) mass is 387 g/mol. The Hall–Kier alpha value is -3.47. The molecule has 0 radical (unpaired) electrons. The molecule has 3 aromatic rings. The molecule has 4 rings (SSSR count). The third kappa shape index (κ3) is 5.08. The summed E-state index contributed by atoms with van der Waals surface area (Å²) in [7, 11) is 0. The van der Waals surface area contributed by atoms with Gasteiger partial charge >= 0.3 is 0 Å². The van der Waals surface area contributed by atoms with Gasteiger partial charge in [0.25, 0.3) is 0 Å². The van der Waals surface area contributed by atoms with Crippen LogP contribution in [0.1, 0.15) is 29.2 Å². The van der Waals surface area contributed by atoms with Crippen LogP contribution < -0.4 is 20.5 Å². The van der Waals surface area contributed by atoms with E-state index >= 15 is 0 Å². The average molecular weight is 387 g/mol. The van der Waals surface area contributed by atoms with Crippen molar-refractivity contribution >= 4 is 5.96 Å². The van der Waals surface area contributed by atoms with Gasteiger partial charge in [-0.3, -0.25) is 0 Å². The number of nitrogens with zero attached hydrogens (tertiary/aromatic N) is 1. The number of rotatable bonds is 6. The Morgan fingerprint density at radius 2 is 1.79 bits per heavy atom. The topological polar surface area (TPSA) is 68.9 Å². The second kappa shape index (κ2) is 9.15. The molecule has 3 aromatic carbocycles. The van der Waals surface area contributed by atoms with E-state index in [1.54, 1.807) is 0 Å². The van der Waals surface area contributed by atoms with Crippen LogP contribution in [0.4, 0.5) is 0 Å². The summed E-state index contributed by atoms with van der Waals surface area (Å²) >= 11 is 0. The summed E-state index contributed by atoms with van der Waals surface area (Å²) in [5.74, 6) is 2.17. The Labute approximate surface area is 171 Å². The van der Waals surface area contributed by atoms with Gasteiger partial charge in [-0.1, -0.05) is 60.7 Å². The van der Waals surface area contributed by atoms with Gasteiger partial charge in [0.05, 0.1) is 19.2 Å². The van der Waals surface area contributed by atoms with Crippen molar-refractivity contribution in [2.75, 3.05) is 6.61 Å². The fourth-order valence-electron chi connectivity index (χ4n) is 3.37. The van der Waals surface area contributed by atoms with Crippen LogP contribution in [0.5, 0.6) is 11.5 Å². The molecule has 0 bridgehead atoms. The van der Waals surface area contributed by atoms with Gasteiger partial charge in [0.15, 0.2) is 5.96 Å². The highest BCUT2D eigenvalue weighted by Gasteiger charge is 2.21. The van der Waals surface area contributed by atoms with Crippen LogP contribution in [-0.4, -0.2) is 12.6 Å². The van der Waals surface area contributed by atoms with Gasteiger partial charge < -0.3 is 20.5 Å². The van der Waals surface area contributed by atoms with Gasteiger partial charge in [-0.05, 0) is 29.3 Å². The number of ether oxygens (including phenoxy) is 2. The van der Waals surface area contributed by atoms with Crippen molar-refractivity contribution in [2.45, 2.75) is 25.6 Å². The molecular formula is C24H25N3O2. The predicted octanol–water partition coefficient (Wildman–Crippen LogP) is 4.19. The highest BCUT2D eigenvalue weighted by Crippen LogP contribution is 2.31. The van der Waals surface area contributed by atoms with Crippen molar-refractivity contribution in [3.63, 3.8) is 0 Å². The average Bonchev–Trinajstić information content (AvgIpc) is 2.78. The van der Waals surface area contributed by atoms with Crippen LogP contribution in [-0.2, 0) is 13.2 Å². The first kappa shape index (κ1) is 18.9. The number of fused-ring (bicyclic) bond motifs is 1. The molecule has 5 heteroatoms. The molecule has 1 unspecified atom stereocenters. The lowest BCUT2D eigenvalue weighted by Gasteiger charge is -2.26. The fourth-order valence-corrected chi connectivity index (χ4v) is 3.37. The minimum atomic E-state index is 0.115. The van der Waals surface area contributed by atoms with Crippen LogP contribution in [0, 0.1) is 0 Å². The first-order chi connectivity index (χ1) is 14.3. The number of hydrogen-bond acceptors (Lipinski definition) is 3. The Morgan fingerprint density at radius 3 is 2.69 bits per heavy atom. The Kier molecular flexibility index (Phi) is 5.95. The summed E-state index contributed by atoms with van der Waals surface area (Å²) in [6, 6.07) is 26.2. The van der Waals surface area contributed by atoms with E-state index in [0.717, 1.165) is 34.6 Å². The highest BCUT2D eigenvalue weighted by molar-refractivity contribution is 5.78. The molecule has 5 nitrogen and oxygen atoms in total. The predicted molar refractivity (Wildman–Crippen MR) is 115 cm³/mol. The summed E-state index contributed by atoms with van der Waals surface area (Å²) in [6.45, 7) is 1.70. The van der Waals surface area contributed by atoms with Crippen molar-refractivity contribution in [1.29, 1.82) is 0 Å². The molecule has 148 valence electrons. The van der Waals surface area contributed by atoms with Gasteiger partial charge in [0.1, 0.15) is 18.1 Å². The Morgan fingerprint density at radius 1 is 1.00 bits per heavy atom. The SMILES string of the molecule is NC(=NCc1cccc(OCc2ccccc2)c1)NC1CCOc2ccccc21.